The maximum absolute atomic E-state index is 12.0. The molecule has 0 heterocycles. The van der Waals surface area contributed by atoms with E-state index in [1.54, 1.807) is 24.3 Å². The van der Waals surface area contributed by atoms with Gasteiger partial charge < -0.3 is 10.1 Å². The highest BCUT2D eigenvalue weighted by Gasteiger charge is 2.11. The molecule has 2 aromatic rings. The summed E-state index contributed by atoms with van der Waals surface area (Å²) in [6.07, 6.45) is 0. The number of rotatable bonds is 4. The van der Waals surface area contributed by atoms with E-state index in [-0.39, 0.29) is 16.4 Å². The predicted octanol–water partition coefficient (Wildman–Crippen LogP) is 2.51. The SMILES string of the molecule is COC(=O)c1ccc(NC(=S)NC(=O)c2ccc([N+](=O)[O-])cc2)cc1. The fourth-order valence-corrected chi connectivity index (χ4v) is 2.09. The molecule has 0 fully saturated rings. The van der Waals surface area contributed by atoms with Crippen LogP contribution in [-0.4, -0.2) is 29.0 Å². The lowest BCUT2D eigenvalue weighted by Crippen LogP contribution is -2.34. The number of hydrogen-bond acceptors (Lipinski definition) is 6. The normalized spacial score (nSPS) is 9.80. The number of benzene rings is 2. The topological polar surface area (TPSA) is 111 Å². The average Bonchev–Trinajstić information content (AvgIpc) is 2.61. The molecule has 0 aliphatic heterocycles. The highest BCUT2D eigenvalue weighted by atomic mass is 32.1. The smallest absolute Gasteiger partial charge is 0.337 e. The molecule has 0 atom stereocenters. The van der Waals surface area contributed by atoms with Crippen LogP contribution >= 0.6 is 12.2 Å². The van der Waals surface area contributed by atoms with E-state index in [2.05, 4.69) is 15.4 Å². The number of nitrogens with one attached hydrogen (secondary N) is 2. The minimum atomic E-state index is -0.550. The minimum absolute atomic E-state index is 0.0502. The molecule has 0 saturated heterocycles. The number of non-ortho nitro benzene ring substituents is 1. The van der Waals surface area contributed by atoms with Crippen molar-refractivity contribution in [2.24, 2.45) is 0 Å². The second-order valence-electron chi connectivity index (χ2n) is 4.78. The van der Waals surface area contributed by atoms with Crippen molar-refractivity contribution in [3.63, 3.8) is 0 Å². The first-order chi connectivity index (χ1) is 11.9. The fraction of sp³-hybridized carbons (Fsp3) is 0.0625. The zero-order valence-corrected chi connectivity index (χ0v) is 13.8. The summed E-state index contributed by atoms with van der Waals surface area (Å²) in [7, 11) is 1.29. The van der Waals surface area contributed by atoms with Gasteiger partial charge in [-0.05, 0) is 48.6 Å². The largest absolute Gasteiger partial charge is 0.465 e. The Morgan fingerprint density at radius 2 is 1.60 bits per heavy atom. The van der Waals surface area contributed by atoms with E-state index in [1.807, 2.05) is 0 Å². The van der Waals surface area contributed by atoms with Gasteiger partial charge in [0.05, 0.1) is 17.6 Å². The van der Waals surface area contributed by atoms with Gasteiger partial charge >= 0.3 is 5.97 Å². The lowest BCUT2D eigenvalue weighted by Gasteiger charge is -2.10. The Morgan fingerprint density at radius 3 is 2.12 bits per heavy atom. The van der Waals surface area contributed by atoms with Crippen LogP contribution in [0, 0.1) is 10.1 Å². The molecule has 0 unspecified atom stereocenters. The summed E-state index contributed by atoms with van der Waals surface area (Å²) in [6, 6.07) is 11.5. The summed E-state index contributed by atoms with van der Waals surface area (Å²) in [5.74, 6) is -0.959. The van der Waals surface area contributed by atoms with E-state index < -0.39 is 16.8 Å². The number of carbonyl (C=O) groups excluding carboxylic acids is 2. The third-order valence-electron chi connectivity index (χ3n) is 3.13. The first-order valence-corrected chi connectivity index (χ1v) is 7.36. The van der Waals surface area contributed by atoms with E-state index in [1.165, 1.54) is 31.4 Å². The van der Waals surface area contributed by atoms with Crippen molar-refractivity contribution in [1.82, 2.24) is 5.32 Å². The number of esters is 1. The van der Waals surface area contributed by atoms with E-state index in [0.717, 1.165) is 0 Å². The molecular weight excluding hydrogens is 346 g/mol. The number of hydrogen-bond donors (Lipinski definition) is 2. The Labute approximate surface area is 147 Å². The van der Waals surface area contributed by atoms with Gasteiger partial charge in [0.25, 0.3) is 11.6 Å². The molecule has 128 valence electrons. The van der Waals surface area contributed by atoms with Crippen LogP contribution in [0.3, 0.4) is 0 Å². The highest BCUT2D eigenvalue weighted by Crippen LogP contribution is 2.12. The van der Waals surface area contributed by atoms with Crippen molar-refractivity contribution in [2.45, 2.75) is 0 Å². The summed E-state index contributed by atoms with van der Waals surface area (Å²) in [4.78, 5) is 33.4. The van der Waals surface area contributed by atoms with Crippen molar-refractivity contribution in [3.8, 4) is 0 Å². The molecule has 2 N–H and O–H groups in total. The molecule has 0 bridgehead atoms. The van der Waals surface area contributed by atoms with Crippen LogP contribution in [0.25, 0.3) is 0 Å². The summed E-state index contributed by atoms with van der Waals surface area (Å²) in [5, 5.41) is 15.9. The fourth-order valence-electron chi connectivity index (χ4n) is 1.88. The number of nitro benzene ring substituents is 1. The number of carbonyl (C=O) groups is 2. The van der Waals surface area contributed by atoms with E-state index in [9.17, 15) is 19.7 Å². The first kappa shape index (κ1) is 18.0. The number of thiocarbonyl (C=S) groups is 1. The second kappa shape index (κ2) is 7.97. The molecule has 8 nitrogen and oxygen atoms in total. The standard InChI is InChI=1S/C16H13N3O5S/c1-24-15(21)11-2-6-12(7-3-11)17-16(25)18-14(20)10-4-8-13(9-5-10)19(22)23/h2-9H,1H3,(H2,17,18,20,25). The molecule has 9 heteroatoms. The molecule has 2 aromatic carbocycles. The van der Waals surface area contributed by atoms with Crippen molar-refractivity contribution in [1.29, 1.82) is 0 Å². The number of anilines is 1. The van der Waals surface area contributed by atoms with Crippen molar-refractivity contribution in [2.75, 3.05) is 12.4 Å². The van der Waals surface area contributed by atoms with Gasteiger partial charge in [-0.25, -0.2) is 4.79 Å². The molecular formula is C16H13N3O5S. The number of amides is 1. The number of methoxy groups -OCH3 is 1. The Bertz CT molecular complexity index is 819. The van der Waals surface area contributed by atoms with Crippen molar-refractivity contribution >= 4 is 40.6 Å². The monoisotopic (exact) mass is 359 g/mol. The van der Waals surface area contributed by atoms with Crippen LogP contribution in [0.5, 0.6) is 0 Å². The maximum Gasteiger partial charge on any atom is 0.337 e. The molecule has 25 heavy (non-hydrogen) atoms. The number of nitro groups is 1. The Kier molecular flexibility index (Phi) is 5.75. The molecule has 0 aliphatic carbocycles. The minimum Gasteiger partial charge on any atom is -0.465 e. The Balaban J connectivity index is 1.96. The molecule has 2 rings (SSSR count). The molecule has 0 aromatic heterocycles. The molecule has 0 aliphatic rings. The van der Waals surface area contributed by atoms with Gasteiger partial charge in [-0.3, -0.25) is 20.2 Å². The second-order valence-corrected chi connectivity index (χ2v) is 5.19. The lowest BCUT2D eigenvalue weighted by atomic mass is 10.2. The highest BCUT2D eigenvalue weighted by molar-refractivity contribution is 7.80. The number of ether oxygens (including phenoxy) is 1. The van der Waals surface area contributed by atoms with Crippen LogP contribution in [0.1, 0.15) is 20.7 Å². The molecule has 0 radical (unpaired) electrons. The van der Waals surface area contributed by atoms with Gasteiger partial charge in [0.1, 0.15) is 0 Å². The zero-order chi connectivity index (χ0) is 18.4. The Hall–Kier alpha value is -3.33. The van der Waals surface area contributed by atoms with Gasteiger partial charge in [-0.1, -0.05) is 0 Å². The third-order valence-corrected chi connectivity index (χ3v) is 3.34. The van der Waals surface area contributed by atoms with E-state index >= 15 is 0 Å². The summed E-state index contributed by atoms with van der Waals surface area (Å²) in [6.45, 7) is 0. The van der Waals surface area contributed by atoms with E-state index in [4.69, 9.17) is 12.2 Å². The Morgan fingerprint density at radius 1 is 1.04 bits per heavy atom. The summed E-state index contributed by atoms with van der Waals surface area (Å²) in [5.41, 5.74) is 1.08. The summed E-state index contributed by atoms with van der Waals surface area (Å²) >= 11 is 5.04. The van der Waals surface area contributed by atoms with Gasteiger partial charge in [0, 0.05) is 23.4 Å². The first-order valence-electron chi connectivity index (χ1n) is 6.96. The lowest BCUT2D eigenvalue weighted by molar-refractivity contribution is -0.384. The molecule has 0 spiro atoms. The van der Waals surface area contributed by atoms with Crippen LogP contribution in [0.15, 0.2) is 48.5 Å². The number of nitrogens with zero attached hydrogens (tertiary/aromatic N) is 1. The van der Waals surface area contributed by atoms with Crippen molar-refractivity contribution in [3.05, 3.63) is 69.8 Å². The molecule has 1 amide bonds. The van der Waals surface area contributed by atoms with Crippen LogP contribution < -0.4 is 10.6 Å². The predicted molar refractivity (Wildman–Crippen MR) is 94.6 cm³/mol. The molecule has 0 saturated carbocycles. The third kappa shape index (κ3) is 4.82. The van der Waals surface area contributed by atoms with Crippen LogP contribution in [0.2, 0.25) is 0 Å². The maximum atomic E-state index is 12.0. The average molecular weight is 359 g/mol. The van der Waals surface area contributed by atoms with Gasteiger partial charge in [0.2, 0.25) is 0 Å². The quantitative estimate of drug-likeness (QED) is 0.373. The van der Waals surface area contributed by atoms with Crippen LogP contribution in [-0.2, 0) is 4.74 Å². The summed E-state index contributed by atoms with van der Waals surface area (Å²) < 4.78 is 4.60. The van der Waals surface area contributed by atoms with E-state index in [0.29, 0.717) is 11.3 Å². The zero-order valence-electron chi connectivity index (χ0n) is 13.0. The van der Waals surface area contributed by atoms with Gasteiger partial charge in [-0.15, -0.1) is 0 Å². The van der Waals surface area contributed by atoms with Crippen molar-refractivity contribution < 1.29 is 19.2 Å². The van der Waals surface area contributed by atoms with Gasteiger partial charge in [0.15, 0.2) is 5.11 Å². The van der Waals surface area contributed by atoms with Crippen LogP contribution in [0.4, 0.5) is 11.4 Å². The van der Waals surface area contributed by atoms with Gasteiger partial charge in [-0.2, -0.15) is 0 Å².